The lowest BCUT2D eigenvalue weighted by Crippen LogP contribution is -2.44. The minimum Gasteiger partial charge on any atom is -0.489 e. The highest BCUT2D eigenvalue weighted by Crippen LogP contribution is 2.33. The van der Waals surface area contributed by atoms with Gasteiger partial charge < -0.3 is 24.7 Å². The molecule has 1 aromatic heterocycles. The Morgan fingerprint density at radius 1 is 1.00 bits per heavy atom. The van der Waals surface area contributed by atoms with E-state index in [1.54, 1.807) is 17.2 Å². The van der Waals surface area contributed by atoms with Crippen molar-refractivity contribution in [2.24, 2.45) is 0 Å². The van der Waals surface area contributed by atoms with Crippen LogP contribution in [0.2, 0.25) is 0 Å². The molecule has 2 aliphatic heterocycles. The first-order valence-electron chi connectivity index (χ1n) is 10.1. The van der Waals surface area contributed by atoms with Gasteiger partial charge in [0.1, 0.15) is 18.1 Å². The zero-order valence-electron chi connectivity index (χ0n) is 16.7. The van der Waals surface area contributed by atoms with Gasteiger partial charge in [0.2, 0.25) is 0 Å². The number of urea groups is 1. The summed E-state index contributed by atoms with van der Waals surface area (Å²) in [7, 11) is 0. The molecule has 0 spiro atoms. The molecule has 0 unspecified atom stereocenters. The Morgan fingerprint density at radius 3 is 2.55 bits per heavy atom. The number of amides is 3. The molecule has 31 heavy (non-hydrogen) atoms. The number of carbonyl (C=O) groups is 2. The first-order chi connectivity index (χ1) is 15.2. The first-order valence-corrected chi connectivity index (χ1v) is 10.1. The Labute approximate surface area is 179 Å². The van der Waals surface area contributed by atoms with E-state index in [0.29, 0.717) is 36.7 Å². The fourth-order valence-electron chi connectivity index (χ4n) is 3.89. The van der Waals surface area contributed by atoms with Crippen LogP contribution in [0, 0.1) is 0 Å². The summed E-state index contributed by atoms with van der Waals surface area (Å²) in [6, 6.07) is 20.2. The van der Waals surface area contributed by atoms with Gasteiger partial charge in [-0.2, -0.15) is 0 Å². The predicted molar refractivity (Wildman–Crippen MR) is 113 cm³/mol. The molecule has 156 valence electrons. The zero-order chi connectivity index (χ0) is 21.2. The molecule has 0 saturated heterocycles. The van der Waals surface area contributed by atoms with Gasteiger partial charge >= 0.3 is 6.03 Å². The second kappa shape index (κ2) is 8.02. The molecule has 2 aromatic carbocycles. The van der Waals surface area contributed by atoms with Gasteiger partial charge in [-0.3, -0.25) is 4.79 Å². The van der Waals surface area contributed by atoms with Gasteiger partial charge in [-0.25, -0.2) is 4.79 Å². The third-order valence-electron chi connectivity index (χ3n) is 5.41. The first kappa shape index (κ1) is 19.0. The molecular weight excluding hydrogens is 394 g/mol. The van der Waals surface area contributed by atoms with Crippen LogP contribution < -0.4 is 15.4 Å². The predicted octanol–water partition coefficient (Wildman–Crippen LogP) is 3.51. The largest absolute Gasteiger partial charge is 0.489 e. The Bertz CT molecular complexity index is 1120. The SMILES string of the molecule is O=C1NC2=C(C(=O)N(Cc3ccco3)C2)[C@H](c2ccc(OCc3ccccc3)cc2)N1. The van der Waals surface area contributed by atoms with Crippen molar-refractivity contribution in [3.05, 3.63) is 101 Å². The van der Waals surface area contributed by atoms with Gasteiger partial charge in [0, 0.05) is 0 Å². The third-order valence-corrected chi connectivity index (χ3v) is 5.41. The summed E-state index contributed by atoms with van der Waals surface area (Å²) in [5, 5.41) is 5.65. The van der Waals surface area contributed by atoms with E-state index in [4.69, 9.17) is 9.15 Å². The van der Waals surface area contributed by atoms with Crippen molar-refractivity contribution in [1.82, 2.24) is 15.5 Å². The standard InChI is InChI=1S/C24H21N3O4/c28-23-21-20(14-27(23)13-19-7-4-12-30-19)25-24(29)26-22(21)17-8-10-18(11-9-17)31-15-16-5-2-1-3-6-16/h1-12,22H,13-15H2,(H2,25,26,29)/t22-/m0/s1. The molecule has 0 bridgehead atoms. The molecule has 5 rings (SSSR count). The number of carbonyl (C=O) groups excluding carboxylic acids is 2. The molecule has 0 aliphatic carbocycles. The van der Waals surface area contributed by atoms with Gasteiger partial charge in [-0.05, 0) is 35.4 Å². The maximum atomic E-state index is 13.1. The summed E-state index contributed by atoms with van der Waals surface area (Å²) >= 11 is 0. The second-order valence-corrected chi connectivity index (χ2v) is 7.51. The fourth-order valence-corrected chi connectivity index (χ4v) is 3.89. The van der Waals surface area contributed by atoms with Crippen molar-refractivity contribution >= 4 is 11.9 Å². The summed E-state index contributed by atoms with van der Waals surface area (Å²) in [6.07, 6.45) is 1.58. The molecule has 2 aliphatic rings. The van der Waals surface area contributed by atoms with Crippen LogP contribution in [-0.2, 0) is 17.9 Å². The van der Waals surface area contributed by atoms with E-state index < -0.39 is 6.04 Å². The minimum absolute atomic E-state index is 0.117. The van der Waals surface area contributed by atoms with Crippen LogP contribution in [0.5, 0.6) is 5.75 Å². The Morgan fingerprint density at radius 2 is 1.81 bits per heavy atom. The maximum Gasteiger partial charge on any atom is 0.319 e. The van der Waals surface area contributed by atoms with Crippen LogP contribution in [0.4, 0.5) is 4.79 Å². The summed E-state index contributed by atoms with van der Waals surface area (Å²) in [5.41, 5.74) is 3.10. The normalized spacial score (nSPS) is 17.9. The van der Waals surface area contributed by atoms with E-state index in [-0.39, 0.29) is 11.9 Å². The van der Waals surface area contributed by atoms with Crippen molar-refractivity contribution < 1.29 is 18.7 Å². The maximum absolute atomic E-state index is 13.1. The Hall–Kier alpha value is -4.00. The summed E-state index contributed by atoms with van der Waals surface area (Å²) in [5.74, 6) is 1.30. The van der Waals surface area contributed by atoms with E-state index in [0.717, 1.165) is 16.9 Å². The van der Waals surface area contributed by atoms with E-state index >= 15 is 0 Å². The average Bonchev–Trinajstić information content (AvgIpc) is 3.41. The number of ether oxygens (including phenoxy) is 1. The fraction of sp³-hybridized carbons (Fsp3) is 0.167. The molecule has 7 nitrogen and oxygen atoms in total. The van der Waals surface area contributed by atoms with Gasteiger partial charge in [0.15, 0.2) is 0 Å². The monoisotopic (exact) mass is 415 g/mol. The molecule has 0 radical (unpaired) electrons. The summed E-state index contributed by atoms with van der Waals surface area (Å²) in [4.78, 5) is 27.0. The van der Waals surface area contributed by atoms with Gasteiger partial charge in [-0.1, -0.05) is 42.5 Å². The zero-order valence-corrected chi connectivity index (χ0v) is 16.7. The molecule has 3 heterocycles. The molecular formula is C24H21N3O4. The second-order valence-electron chi connectivity index (χ2n) is 7.51. The average molecular weight is 415 g/mol. The molecule has 3 aromatic rings. The van der Waals surface area contributed by atoms with E-state index in [1.807, 2.05) is 60.7 Å². The number of hydrogen-bond acceptors (Lipinski definition) is 4. The topological polar surface area (TPSA) is 83.8 Å². The lowest BCUT2D eigenvalue weighted by atomic mass is 9.96. The van der Waals surface area contributed by atoms with Crippen molar-refractivity contribution in [1.29, 1.82) is 0 Å². The van der Waals surface area contributed by atoms with Crippen molar-refractivity contribution in [3.63, 3.8) is 0 Å². The number of nitrogens with zero attached hydrogens (tertiary/aromatic N) is 1. The molecule has 2 N–H and O–H groups in total. The smallest absolute Gasteiger partial charge is 0.319 e. The molecule has 7 heteroatoms. The van der Waals surface area contributed by atoms with E-state index in [2.05, 4.69) is 10.6 Å². The van der Waals surface area contributed by atoms with Crippen LogP contribution in [-0.4, -0.2) is 23.4 Å². The molecule has 0 saturated carbocycles. The van der Waals surface area contributed by atoms with Crippen molar-refractivity contribution in [3.8, 4) is 5.75 Å². The van der Waals surface area contributed by atoms with Crippen LogP contribution in [0.3, 0.4) is 0 Å². The van der Waals surface area contributed by atoms with Crippen LogP contribution in [0.25, 0.3) is 0 Å². The molecule has 3 amide bonds. The van der Waals surface area contributed by atoms with Crippen LogP contribution in [0.15, 0.2) is 88.7 Å². The lowest BCUT2D eigenvalue weighted by molar-refractivity contribution is -0.126. The highest BCUT2D eigenvalue weighted by molar-refractivity contribution is 6.01. The highest BCUT2D eigenvalue weighted by atomic mass is 16.5. The number of furan rings is 1. The van der Waals surface area contributed by atoms with E-state index in [1.165, 1.54) is 0 Å². The van der Waals surface area contributed by atoms with Crippen LogP contribution in [0.1, 0.15) is 22.9 Å². The number of nitrogens with one attached hydrogen (secondary N) is 2. The third kappa shape index (κ3) is 3.90. The minimum atomic E-state index is -0.513. The summed E-state index contributed by atoms with van der Waals surface area (Å²) in [6.45, 7) is 1.17. The summed E-state index contributed by atoms with van der Waals surface area (Å²) < 4.78 is 11.2. The Kier molecular flexibility index (Phi) is 4.92. The van der Waals surface area contributed by atoms with E-state index in [9.17, 15) is 9.59 Å². The van der Waals surface area contributed by atoms with Crippen molar-refractivity contribution in [2.45, 2.75) is 19.2 Å². The quantitative estimate of drug-likeness (QED) is 0.645. The molecule has 1 atom stereocenters. The van der Waals surface area contributed by atoms with Crippen LogP contribution >= 0.6 is 0 Å². The van der Waals surface area contributed by atoms with Gasteiger partial charge in [-0.15, -0.1) is 0 Å². The van der Waals surface area contributed by atoms with Gasteiger partial charge in [0.25, 0.3) is 5.91 Å². The number of rotatable bonds is 6. The number of benzene rings is 2. The molecule has 0 fully saturated rings. The van der Waals surface area contributed by atoms with Gasteiger partial charge in [0.05, 0.1) is 36.7 Å². The Balaban J connectivity index is 1.32. The lowest BCUT2D eigenvalue weighted by Gasteiger charge is -2.25. The van der Waals surface area contributed by atoms with Crippen molar-refractivity contribution in [2.75, 3.05) is 6.54 Å². The highest BCUT2D eigenvalue weighted by Gasteiger charge is 2.40. The number of hydrogen-bond donors (Lipinski definition) is 2.